The maximum absolute atomic E-state index is 6.25. The molecule has 0 radical (unpaired) electrons. The number of hydrogen-bond acceptors (Lipinski definition) is 3. The Bertz CT molecular complexity index is 403. The van der Waals surface area contributed by atoms with Crippen molar-refractivity contribution < 1.29 is 9.47 Å². The smallest absolute Gasteiger partial charge is 0.137 e. The van der Waals surface area contributed by atoms with E-state index in [-0.39, 0.29) is 0 Å². The highest BCUT2D eigenvalue weighted by Gasteiger charge is 2.16. The molecule has 1 fully saturated rings. The normalized spacial score (nSPS) is 19.1. The Morgan fingerprint density at radius 2 is 2.32 bits per heavy atom. The lowest BCUT2D eigenvalue weighted by molar-refractivity contribution is 0.167. The van der Waals surface area contributed by atoms with Gasteiger partial charge in [0.15, 0.2) is 0 Å². The molecular formula is C15H22ClNO2. The number of ether oxygens (including phenoxy) is 2. The molecule has 0 aliphatic carbocycles. The molecule has 3 nitrogen and oxygen atoms in total. The second kappa shape index (κ2) is 7.13. The Hall–Kier alpha value is -0.770. The van der Waals surface area contributed by atoms with Crippen molar-refractivity contribution in [3.05, 3.63) is 28.8 Å². The van der Waals surface area contributed by atoms with E-state index in [2.05, 4.69) is 25.2 Å². The minimum absolute atomic E-state index is 0.470. The van der Waals surface area contributed by atoms with Crippen LogP contribution in [0.15, 0.2) is 18.2 Å². The van der Waals surface area contributed by atoms with E-state index in [1.807, 2.05) is 12.1 Å². The zero-order valence-electron chi connectivity index (χ0n) is 11.6. The zero-order chi connectivity index (χ0) is 13.7. The van der Waals surface area contributed by atoms with Crippen LogP contribution >= 0.6 is 11.6 Å². The molecule has 1 heterocycles. The first-order chi connectivity index (χ1) is 9.15. The van der Waals surface area contributed by atoms with E-state index in [1.165, 1.54) is 5.56 Å². The Morgan fingerprint density at radius 3 is 2.95 bits per heavy atom. The minimum atomic E-state index is 0.470. The molecule has 0 spiro atoms. The maximum atomic E-state index is 6.25. The Labute approximate surface area is 120 Å². The summed E-state index contributed by atoms with van der Waals surface area (Å²) >= 11 is 6.25. The second-order valence-corrected chi connectivity index (χ2v) is 5.75. The molecule has 106 valence electrons. The molecule has 1 unspecified atom stereocenters. The van der Waals surface area contributed by atoms with Gasteiger partial charge in [-0.25, -0.2) is 0 Å². The predicted molar refractivity (Wildman–Crippen MR) is 77.8 cm³/mol. The number of halogens is 1. The van der Waals surface area contributed by atoms with Crippen LogP contribution in [-0.4, -0.2) is 25.9 Å². The van der Waals surface area contributed by atoms with E-state index < -0.39 is 0 Å². The molecule has 4 heteroatoms. The third-order valence-electron chi connectivity index (χ3n) is 3.21. The zero-order valence-corrected chi connectivity index (χ0v) is 12.4. The lowest BCUT2D eigenvalue weighted by Crippen LogP contribution is -2.21. The van der Waals surface area contributed by atoms with Gasteiger partial charge in [0.05, 0.1) is 18.2 Å². The van der Waals surface area contributed by atoms with Gasteiger partial charge in [-0.1, -0.05) is 31.5 Å². The molecule has 1 aliphatic rings. The molecule has 1 saturated heterocycles. The second-order valence-electron chi connectivity index (χ2n) is 5.34. The first-order valence-electron chi connectivity index (χ1n) is 6.87. The molecule has 1 aromatic carbocycles. The van der Waals surface area contributed by atoms with Crippen LogP contribution in [0.3, 0.4) is 0 Å². The van der Waals surface area contributed by atoms with Gasteiger partial charge in [-0.15, -0.1) is 0 Å². The first kappa shape index (κ1) is 14.6. The van der Waals surface area contributed by atoms with Crippen molar-refractivity contribution in [3.63, 3.8) is 0 Å². The maximum Gasteiger partial charge on any atom is 0.137 e. The number of nitrogens with one attached hydrogen (secondary N) is 1. The summed E-state index contributed by atoms with van der Waals surface area (Å²) in [5.74, 6) is 1.26. The van der Waals surface area contributed by atoms with Crippen LogP contribution in [0.1, 0.15) is 25.8 Å². The third-order valence-corrected chi connectivity index (χ3v) is 3.50. The number of hydrogen-bond donors (Lipinski definition) is 1. The van der Waals surface area contributed by atoms with Crippen molar-refractivity contribution >= 4 is 11.6 Å². The van der Waals surface area contributed by atoms with Crippen molar-refractivity contribution in [3.8, 4) is 5.75 Å². The Morgan fingerprint density at radius 1 is 1.47 bits per heavy atom. The highest BCUT2D eigenvalue weighted by molar-refractivity contribution is 6.32. The lowest BCUT2D eigenvalue weighted by atomic mass is 10.1. The molecule has 0 aromatic heterocycles. The SMILES string of the molecule is CC(C)NCc1ccc(OCC2CCOC2)c(Cl)c1. The molecule has 1 aromatic rings. The van der Waals surface area contributed by atoms with E-state index in [0.29, 0.717) is 23.6 Å². The standard InChI is InChI=1S/C15H22ClNO2/c1-11(2)17-8-12-3-4-15(14(16)7-12)19-10-13-5-6-18-9-13/h3-4,7,11,13,17H,5-6,8-10H2,1-2H3. The van der Waals surface area contributed by atoms with Gasteiger partial charge in [0.1, 0.15) is 5.75 Å². The fourth-order valence-corrected chi connectivity index (χ4v) is 2.27. The van der Waals surface area contributed by atoms with Gasteiger partial charge in [-0.2, -0.15) is 0 Å². The Balaban J connectivity index is 1.87. The van der Waals surface area contributed by atoms with Crippen LogP contribution in [0, 0.1) is 5.92 Å². The topological polar surface area (TPSA) is 30.5 Å². The lowest BCUT2D eigenvalue weighted by Gasteiger charge is -2.13. The first-order valence-corrected chi connectivity index (χ1v) is 7.25. The average Bonchev–Trinajstić information content (AvgIpc) is 2.88. The van der Waals surface area contributed by atoms with Gasteiger partial charge in [0, 0.05) is 25.1 Å². The van der Waals surface area contributed by atoms with E-state index in [0.717, 1.165) is 31.9 Å². The Kier molecular flexibility index (Phi) is 5.49. The van der Waals surface area contributed by atoms with Gasteiger partial charge in [-0.05, 0) is 24.1 Å². The van der Waals surface area contributed by atoms with Gasteiger partial charge in [0.2, 0.25) is 0 Å². The van der Waals surface area contributed by atoms with Crippen LogP contribution in [0.2, 0.25) is 5.02 Å². The van der Waals surface area contributed by atoms with Crippen LogP contribution in [0.25, 0.3) is 0 Å². The molecule has 0 bridgehead atoms. The summed E-state index contributed by atoms with van der Waals surface area (Å²) in [5, 5.41) is 4.05. The van der Waals surface area contributed by atoms with Crippen LogP contribution in [-0.2, 0) is 11.3 Å². The highest BCUT2D eigenvalue weighted by atomic mass is 35.5. The van der Waals surface area contributed by atoms with Gasteiger partial charge in [0.25, 0.3) is 0 Å². The van der Waals surface area contributed by atoms with Crippen molar-refractivity contribution in [2.45, 2.75) is 32.9 Å². The minimum Gasteiger partial charge on any atom is -0.492 e. The van der Waals surface area contributed by atoms with E-state index in [9.17, 15) is 0 Å². The van der Waals surface area contributed by atoms with Gasteiger partial charge >= 0.3 is 0 Å². The summed E-state index contributed by atoms with van der Waals surface area (Å²) in [5.41, 5.74) is 1.18. The fraction of sp³-hybridized carbons (Fsp3) is 0.600. The van der Waals surface area contributed by atoms with E-state index in [1.54, 1.807) is 0 Å². The summed E-state index contributed by atoms with van der Waals surface area (Å²) in [6, 6.07) is 6.45. The molecule has 0 saturated carbocycles. The number of rotatable bonds is 6. The molecule has 2 rings (SSSR count). The quantitative estimate of drug-likeness (QED) is 0.869. The summed E-state index contributed by atoms with van der Waals surface area (Å²) < 4.78 is 11.1. The largest absolute Gasteiger partial charge is 0.492 e. The highest BCUT2D eigenvalue weighted by Crippen LogP contribution is 2.26. The molecular weight excluding hydrogens is 262 g/mol. The van der Waals surface area contributed by atoms with Crippen LogP contribution < -0.4 is 10.1 Å². The predicted octanol–water partition coefficient (Wildman–Crippen LogP) is 3.25. The summed E-state index contributed by atoms with van der Waals surface area (Å²) in [6.07, 6.45) is 1.08. The van der Waals surface area contributed by atoms with Crippen molar-refractivity contribution in [1.82, 2.24) is 5.32 Å². The van der Waals surface area contributed by atoms with Gasteiger partial charge < -0.3 is 14.8 Å². The number of benzene rings is 1. The van der Waals surface area contributed by atoms with E-state index in [4.69, 9.17) is 21.1 Å². The molecule has 1 atom stereocenters. The third kappa shape index (κ3) is 4.68. The molecule has 0 amide bonds. The van der Waals surface area contributed by atoms with Gasteiger partial charge in [-0.3, -0.25) is 0 Å². The van der Waals surface area contributed by atoms with Crippen molar-refractivity contribution in [2.24, 2.45) is 5.92 Å². The van der Waals surface area contributed by atoms with Crippen molar-refractivity contribution in [1.29, 1.82) is 0 Å². The molecule has 1 N–H and O–H groups in total. The summed E-state index contributed by atoms with van der Waals surface area (Å²) in [7, 11) is 0. The summed E-state index contributed by atoms with van der Waals surface area (Å²) in [6.45, 7) is 7.42. The van der Waals surface area contributed by atoms with Crippen LogP contribution in [0.5, 0.6) is 5.75 Å². The van der Waals surface area contributed by atoms with E-state index >= 15 is 0 Å². The average molecular weight is 284 g/mol. The molecule has 1 aliphatic heterocycles. The summed E-state index contributed by atoms with van der Waals surface area (Å²) in [4.78, 5) is 0. The monoisotopic (exact) mass is 283 g/mol. The molecule has 19 heavy (non-hydrogen) atoms. The van der Waals surface area contributed by atoms with Crippen LogP contribution in [0.4, 0.5) is 0 Å². The van der Waals surface area contributed by atoms with Crippen molar-refractivity contribution in [2.75, 3.05) is 19.8 Å². The fourth-order valence-electron chi connectivity index (χ4n) is 2.02.